The van der Waals surface area contributed by atoms with Crippen molar-refractivity contribution in [3.63, 3.8) is 0 Å². The number of aryl methyl sites for hydroxylation is 1. The van der Waals surface area contributed by atoms with Gasteiger partial charge in [-0.2, -0.15) is 5.10 Å². The smallest absolute Gasteiger partial charge is 0.0766 e. The fourth-order valence-electron chi connectivity index (χ4n) is 2.07. The Morgan fingerprint density at radius 1 is 1.29 bits per heavy atom. The third-order valence-electron chi connectivity index (χ3n) is 4.10. The minimum Gasteiger partial charge on any atom is -0.389 e. The van der Waals surface area contributed by atoms with Crippen LogP contribution in [-0.2, 0) is 6.54 Å². The van der Waals surface area contributed by atoms with Crippen molar-refractivity contribution in [3.05, 3.63) is 41.6 Å². The molecule has 1 aromatic heterocycles. The van der Waals surface area contributed by atoms with Gasteiger partial charge in [-0.3, -0.25) is 5.10 Å². The third-order valence-corrected chi connectivity index (χ3v) is 4.10. The second-order valence-corrected chi connectivity index (χ2v) is 6.25. The number of aliphatic hydroxyl groups is 1. The second kappa shape index (κ2) is 6.41. The van der Waals surface area contributed by atoms with Gasteiger partial charge < -0.3 is 10.4 Å². The van der Waals surface area contributed by atoms with Crippen LogP contribution in [0.2, 0.25) is 0 Å². The molecule has 0 aliphatic heterocycles. The van der Waals surface area contributed by atoms with Crippen molar-refractivity contribution in [3.8, 4) is 11.3 Å². The number of aromatic amines is 1. The van der Waals surface area contributed by atoms with Gasteiger partial charge in [-0.05, 0) is 25.3 Å². The molecule has 0 fully saturated rings. The summed E-state index contributed by atoms with van der Waals surface area (Å²) in [5, 5.41) is 20.8. The van der Waals surface area contributed by atoms with E-state index in [9.17, 15) is 5.11 Å². The van der Waals surface area contributed by atoms with E-state index in [-0.39, 0.29) is 5.92 Å². The lowest BCUT2D eigenvalue weighted by Gasteiger charge is -2.27. The lowest BCUT2D eigenvalue weighted by Crippen LogP contribution is -2.41. The van der Waals surface area contributed by atoms with E-state index in [2.05, 4.69) is 46.7 Å². The van der Waals surface area contributed by atoms with Crippen molar-refractivity contribution in [2.24, 2.45) is 5.92 Å². The number of hydrogen-bond donors (Lipinski definition) is 3. The van der Waals surface area contributed by atoms with Crippen LogP contribution in [0.4, 0.5) is 0 Å². The first-order valence-corrected chi connectivity index (χ1v) is 7.42. The molecule has 1 aromatic carbocycles. The average Bonchev–Trinajstić information content (AvgIpc) is 2.87. The maximum atomic E-state index is 10.3. The summed E-state index contributed by atoms with van der Waals surface area (Å²) in [6, 6.07) is 8.38. The molecule has 1 atom stereocenters. The van der Waals surface area contributed by atoms with Crippen LogP contribution in [0.15, 0.2) is 30.5 Å². The Kier molecular flexibility index (Phi) is 4.80. The zero-order valence-electron chi connectivity index (χ0n) is 13.3. The number of nitrogens with zero attached hydrogens (tertiary/aromatic N) is 1. The van der Waals surface area contributed by atoms with Crippen LogP contribution in [0, 0.1) is 12.8 Å². The summed E-state index contributed by atoms with van der Waals surface area (Å²) in [5.41, 5.74) is 3.81. The average molecular weight is 287 g/mol. The summed E-state index contributed by atoms with van der Waals surface area (Å²) >= 11 is 0. The minimum absolute atomic E-state index is 0.214. The third kappa shape index (κ3) is 3.93. The molecule has 4 nitrogen and oxygen atoms in total. The van der Waals surface area contributed by atoms with Crippen LogP contribution < -0.4 is 5.32 Å². The first-order chi connectivity index (χ1) is 9.90. The van der Waals surface area contributed by atoms with Crippen molar-refractivity contribution >= 4 is 0 Å². The van der Waals surface area contributed by atoms with Crippen molar-refractivity contribution in [2.75, 3.05) is 6.54 Å². The Hall–Kier alpha value is -1.65. The standard InChI is InChI=1S/C17H25N3O/c1-12(2)17(4,21)11-18-9-15-10-19-20-16(15)14-7-5-13(3)6-8-14/h5-8,10,12,18,21H,9,11H2,1-4H3,(H,19,20). The Morgan fingerprint density at radius 2 is 1.95 bits per heavy atom. The van der Waals surface area contributed by atoms with Gasteiger partial charge in [-0.25, -0.2) is 0 Å². The molecule has 21 heavy (non-hydrogen) atoms. The zero-order valence-corrected chi connectivity index (χ0v) is 13.3. The molecule has 0 saturated heterocycles. The molecule has 0 aliphatic carbocycles. The Labute approximate surface area is 126 Å². The molecule has 114 valence electrons. The lowest BCUT2D eigenvalue weighted by molar-refractivity contribution is 0.0140. The van der Waals surface area contributed by atoms with Crippen LogP contribution in [0.3, 0.4) is 0 Å². The zero-order chi connectivity index (χ0) is 15.5. The molecular weight excluding hydrogens is 262 g/mol. The van der Waals surface area contributed by atoms with Gasteiger partial charge in [-0.1, -0.05) is 43.7 Å². The van der Waals surface area contributed by atoms with E-state index in [1.807, 2.05) is 27.0 Å². The summed E-state index contributed by atoms with van der Waals surface area (Å²) < 4.78 is 0. The van der Waals surface area contributed by atoms with Crippen molar-refractivity contribution in [1.29, 1.82) is 0 Å². The number of H-pyrrole nitrogens is 1. The van der Waals surface area contributed by atoms with E-state index in [1.165, 1.54) is 5.56 Å². The van der Waals surface area contributed by atoms with Gasteiger partial charge in [0.25, 0.3) is 0 Å². The maximum absolute atomic E-state index is 10.3. The molecule has 4 heteroatoms. The van der Waals surface area contributed by atoms with Crippen molar-refractivity contribution in [1.82, 2.24) is 15.5 Å². The van der Waals surface area contributed by atoms with Gasteiger partial charge in [0.15, 0.2) is 0 Å². The fourth-order valence-corrected chi connectivity index (χ4v) is 2.07. The number of aromatic nitrogens is 2. The highest BCUT2D eigenvalue weighted by molar-refractivity contribution is 5.62. The van der Waals surface area contributed by atoms with Gasteiger partial charge in [0.05, 0.1) is 17.5 Å². The number of hydrogen-bond acceptors (Lipinski definition) is 3. The quantitative estimate of drug-likeness (QED) is 0.765. The Morgan fingerprint density at radius 3 is 2.57 bits per heavy atom. The summed E-state index contributed by atoms with van der Waals surface area (Å²) in [6.07, 6.45) is 1.84. The molecular formula is C17H25N3O. The molecule has 0 aliphatic rings. The largest absolute Gasteiger partial charge is 0.389 e. The van der Waals surface area contributed by atoms with E-state index in [0.717, 1.165) is 16.8 Å². The molecule has 2 rings (SSSR count). The van der Waals surface area contributed by atoms with Gasteiger partial charge in [0, 0.05) is 18.7 Å². The van der Waals surface area contributed by atoms with Crippen LogP contribution in [0.25, 0.3) is 11.3 Å². The SMILES string of the molecule is Cc1ccc(-c2[nH]ncc2CNCC(C)(O)C(C)C)cc1. The highest BCUT2D eigenvalue weighted by Crippen LogP contribution is 2.22. The lowest BCUT2D eigenvalue weighted by atomic mass is 9.92. The van der Waals surface area contributed by atoms with E-state index in [0.29, 0.717) is 13.1 Å². The Balaban J connectivity index is 2.03. The molecule has 3 N–H and O–H groups in total. The summed E-state index contributed by atoms with van der Waals surface area (Å²) in [4.78, 5) is 0. The molecule has 0 spiro atoms. The predicted octanol–water partition coefficient (Wildman–Crippen LogP) is 2.88. The Bertz CT molecular complexity index is 570. The summed E-state index contributed by atoms with van der Waals surface area (Å²) in [7, 11) is 0. The fraction of sp³-hybridized carbons (Fsp3) is 0.471. The van der Waals surface area contributed by atoms with Gasteiger partial charge in [0.1, 0.15) is 0 Å². The summed E-state index contributed by atoms with van der Waals surface area (Å²) in [6.45, 7) is 9.23. The predicted molar refractivity (Wildman–Crippen MR) is 85.9 cm³/mol. The molecule has 0 radical (unpaired) electrons. The first-order valence-electron chi connectivity index (χ1n) is 7.42. The monoisotopic (exact) mass is 287 g/mol. The maximum Gasteiger partial charge on any atom is 0.0766 e. The van der Waals surface area contributed by atoms with Crippen LogP contribution in [0.5, 0.6) is 0 Å². The van der Waals surface area contributed by atoms with Crippen molar-refractivity contribution < 1.29 is 5.11 Å². The van der Waals surface area contributed by atoms with Crippen LogP contribution in [-0.4, -0.2) is 27.4 Å². The second-order valence-electron chi connectivity index (χ2n) is 6.25. The van der Waals surface area contributed by atoms with E-state index in [1.54, 1.807) is 0 Å². The topological polar surface area (TPSA) is 60.9 Å². The van der Waals surface area contributed by atoms with Gasteiger partial charge in [-0.15, -0.1) is 0 Å². The van der Waals surface area contributed by atoms with Crippen molar-refractivity contribution in [2.45, 2.75) is 39.8 Å². The molecule has 0 saturated carbocycles. The summed E-state index contributed by atoms with van der Waals surface area (Å²) in [5.74, 6) is 0.214. The van der Waals surface area contributed by atoms with E-state index >= 15 is 0 Å². The van der Waals surface area contributed by atoms with E-state index in [4.69, 9.17) is 0 Å². The number of nitrogens with one attached hydrogen (secondary N) is 2. The highest BCUT2D eigenvalue weighted by Gasteiger charge is 2.24. The molecule has 1 unspecified atom stereocenters. The highest BCUT2D eigenvalue weighted by atomic mass is 16.3. The molecule has 1 heterocycles. The first kappa shape index (κ1) is 15.7. The molecule has 2 aromatic rings. The number of rotatable bonds is 6. The minimum atomic E-state index is -0.701. The van der Waals surface area contributed by atoms with Gasteiger partial charge in [0.2, 0.25) is 0 Å². The number of benzene rings is 1. The molecule has 0 amide bonds. The van der Waals surface area contributed by atoms with Crippen LogP contribution >= 0.6 is 0 Å². The van der Waals surface area contributed by atoms with Crippen LogP contribution in [0.1, 0.15) is 31.9 Å². The molecule has 0 bridgehead atoms. The van der Waals surface area contributed by atoms with E-state index < -0.39 is 5.60 Å². The normalized spacial score (nSPS) is 14.4. The van der Waals surface area contributed by atoms with Gasteiger partial charge >= 0.3 is 0 Å².